The fraction of sp³-hybridized carbons (Fsp3) is 0.481. The van der Waals surface area contributed by atoms with E-state index < -0.39 is 24.1 Å². The molecule has 1 amide bonds. The van der Waals surface area contributed by atoms with Crippen molar-refractivity contribution in [2.45, 2.75) is 18.4 Å². The van der Waals surface area contributed by atoms with E-state index in [-0.39, 0.29) is 42.5 Å². The number of aromatic hydroxyl groups is 1. The Morgan fingerprint density at radius 2 is 1.71 bits per heavy atom. The van der Waals surface area contributed by atoms with Crippen LogP contribution >= 0.6 is 0 Å². The van der Waals surface area contributed by atoms with Crippen LogP contribution in [0.3, 0.4) is 0 Å². The topological polar surface area (TPSA) is 125 Å². The number of esters is 1. The Morgan fingerprint density at radius 1 is 1.05 bits per heavy atom. The van der Waals surface area contributed by atoms with E-state index in [1.54, 1.807) is 18.2 Å². The molecule has 0 radical (unpaired) electrons. The lowest BCUT2D eigenvalue weighted by atomic mass is 9.66. The molecule has 0 unspecified atom stereocenters. The van der Waals surface area contributed by atoms with E-state index in [0.29, 0.717) is 23.6 Å². The third kappa shape index (κ3) is 4.62. The van der Waals surface area contributed by atoms with Gasteiger partial charge >= 0.3 is 12.1 Å². The Balaban J connectivity index is 1.56. The lowest BCUT2D eigenvalue weighted by molar-refractivity contribution is -0.144. The van der Waals surface area contributed by atoms with Crippen LogP contribution in [0.5, 0.6) is 28.7 Å². The second-order valence-electron chi connectivity index (χ2n) is 9.82. The number of cyclic esters (lactones) is 1. The SMILES string of the molecule is COc1cc([C@@H]2c3cc4c(cc3[C@H](OC(=O)NCCCN(C)C)[C@@H]3C(=O)OC[C@@H]23)OCO4)cc(OC)c1O. The Hall–Kier alpha value is -3.86. The maximum Gasteiger partial charge on any atom is 0.407 e. The van der Waals surface area contributed by atoms with E-state index >= 15 is 0 Å². The Bertz CT molecular complexity index is 1210. The standard InChI is InChI=1S/C27H32N2O9/c1-29(2)7-5-6-28-27(32)38-25-16-11-19-18(36-13-37-19)10-15(16)22(17-12-35-26(31)23(17)25)14-8-20(33-3)24(30)21(9-14)34-4/h8-11,17,22-23,25,30H,5-7,12-13H2,1-4H3,(H,28,32)/t17-,22+,23+,25-/m0/s1. The number of hydrogen-bond donors (Lipinski definition) is 2. The molecule has 1 saturated heterocycles. The largest absolute Gasteiger partial charge is 0.502 e. The summed E-state index contributed by atoms with van der Waals surface area (Å²) in [5.74, 6) is -0.503. The Morgan fingerprint density at radius 3 is 2.34 bits per heavy atom. The number of phenolic OH excluding ortho intramolecular Hbond substituents is 1. The number of nitrogens with zero attached hydrogens (tertiary/aromatic N) is 1. The molecule has 1 fully saturated rings. The molecule has 2 aliphatic heterocycles. The van der Waals surface area contributed by atoms with Gasteiger partial charge in [-0.25, -0.2) is 4.79 Å². The maximum atomic E-state index is 13.1. The molecule has 11 heteroatoms. The molecule has 0 spiro atoms. The smallest absolute Gasteiger partial charge is 0.407 e. The van der Waals surface area contributed by atoms with E-state index in [1.165, 1.54) is 14.2 Å². The average molecular weight is 529 g/mol. The van der Waals surface area contributed by atoms with Gasteiger partial charge in [0.1, 0.15) is 12.0 Å². The van der Waals surface area contributed by atoms with Gasteiger partial charge in [0.15, 0.2) is 23.0 Å². The summed E-state index contributed by atoms with van der Waals surface area (Å²) in [6.07, 6.45) is -0.740. The van der Waals surface area contributed by atoms with E-state index in [1.807, 2.05) is 25.1 Å². The number of ether oxygens (including phenoxy) is 6. The van der Waals surface area contributed by atoms with Gasteiger partial charge in [-0.1, -0.05) is 0 Å². The zero-order chi connectivity index (χ0) is 27.0. The number of methoxy groups -OCH3 is 2. The normalized spacial score (nSPS) is 22.9. The summed E-state index contributed by atoms with van der Waals surface area (Å²) in [4.78, 5) is 27.9. The van der Waals surface area contributed by atoms with Crippen LogP contribution in [0.1, 0.15) is 35.1 Å². The third-order valence-corrected chi connectivity index (χ3v) is 7.27. The highest BCUT2D eigenvalue weighted by Crippen LogP contribution is 2.56. The highest BCUT2D eigenvalue weighted by atomic mass is 16.7. The zero-order valence-corrected chi connectivity index (χ0v) is 21.8. The van der Waals surface area contributed by atoms with Crippen LogP contribution in [-0.2, 0) is 14.3 Å². The quantitative estimate of drug-likeness (QED) is 0.390. The monoisotopic (exact) mass is 528 g/mol. The molecule has 1 aliphatic carbocycles. The Kier molecular flexibility index (Phi) is 7.11. The Labute approximate surface area is 220 Å². The van der Waals surface area contributed by atoms with Crippen molar-refractivity contribution < 1.29 is 43.1 Å². The first kappa shape index (κ1) is 25.8. The lowest BCUT2D eigenvalue weighted by Crippen LogP contribution is -2.39. The minimum atomic E-state index is -0.884. The maximum absolute atomic E-state index is 13.1. The summed E-state index contributed by atoms with van der Waals surface area (Å²) >= 11 is 0. The predicted molar refractivity (Wildman–Crippen MR) is 134 cm³/mol. The number of nitrogens with one attached hydrogen (secondary N) is 1. The first-order valence-electron chi connectivity index (χ1n) is 12.5. The number of fused-ring (bicyclic) bond motifs is 3. The number of rotatable bonds is 8. The van der Waals surface area contributed by atoms with Gasteiger partial charge in [-0.15, -0.1) is 0 Å². The number of carbonyl (C=O) groups excluding carboxylic acids is 2. The van der Waals surface area contributed by atoms with E-state index in [4.69, 9.17) is 28.4 Å². The molecule has 5 rings (SSSR count). The summed E-state index contributed by atoms with van der Waals surface area (Å²) in [6.45, 7) is 1.45. The fourth-order valence-corrected chi connectivity index (χ4v) is 5.52. The summed E-state index contributed by atoms with van der Waals surface area (Å²) in [5.41, 5.74) is 2.18. The predicted octanol–water partition coefficient (Wildman–Crippen LogP) is 2.79. The molecule has 11 nitrogen and oxygen atoms in total. The van der Waals surface area contributed by atoms with Crippen LogP contribution < -0.4 is 24.3 Å². The van der Waals surface area contributed by atoms with Crippen molar-refractivity contribution in [2.75, 3.05) is 54.8 Å². The molecule has 2 heterocycles. The highest BCUT2D eigenvalue weighted by Gasteiger charge is 2.54. The second-order valence-corrected chi connectivity index (χ2v) is 9.82. The number of amides is 1. The van der Waals surface area contributed by atoms with E-state index in [2.05, 4.69) is 5.32 Å². The number of hydrogen-bond acceptors (Lipinski definition) is 10. The number of alkyl carbamates (subject to hydrolysis) is 1. The van der Waals surface area contributed by atoms with Crippen LogP contribution in [-0.4, -0.2) is 76.9 Å². The van der Waals surface area contributed by atoms with Crippen molar-refractivity contribution in [1.29, 1.82) is 0 Å². The van der Waals surface area contributed by atoms with Gasteiger partial charge in [0, 0.05) is 23.9 Å². The molecule has 0 bridgehead atoms. The molecule has 0 saturated carbocycles. The minimum Gasteiger partial charge on any atom is -0.502 e. The first-order valence-corrected chi connectivity index (χ1v) is 12.5. The summed E-state index contributed by atoms with van der Waals surface area (Å²) in [7, 11) is 6.83. The van der Waals surface area contributed by atoms with Crippen molar-refractivity contribution in [3.63, 3.8) is 0 Å². The molecule has 2 aromatic rings. The molecule has 2 aromatic carbocycles. The van der Waals surface area contributed by atoms with Crippen LogP contribution in [0.15, 0.2) is 24.3 Å². The summed E-state index contributed by atoms with van der Waals surface area (Å²) < 4.78 is 33.5. The molecule has 0 aromatic heterocycles. The third-order valence-electron chi connectivity index (χ3n) is 7.27. The molecule has 3 aliphatic rings. The first-order chi connectivity index (χ1) is 18.3. The summed E-state index contributed by atoms with van der Waals surface area (Å²) in [5, 5.41) is 13.3. The van der Waals surface area contributed by atoms with Gasteiger partial charge in [0.05, 0.1) is 20.8 Å². The van der Waals surface area contributed by atoms with Crippen LogP contribution in [0.25, 0.3) is 0 Å². The molecule has 38 heavy (non-hydrogen) atoms. The molecular weight excluding hydrogens is 496 g/mol. The number of carbonyl (C=O) groups is 2. The van der Waals surface area contributed by atoms with Gasteiger partial charge < -0.3 is 43.7 Å². The van der Waals surface area contributed by atoms with Crippen molar-refractivity contribution in [3.8, 4) is 28.7 Å². The van der Waals surface area contributed by atoms with E-state index in [9.17, 15) is 14.7 Å². The van der Waals surface area contributed by atoms with Crippen LogP contribution in [0.4, 0.5) is 4.79 Å². The van der Waals surface area contributed by atoms with Crippen molar-refractivity contribution in [2.24, 2.45) is 11.8 Å². The average Bonchev–Trinajstić information content (AvgIpc) is 3.52. The van der Waals surface area contributed by atoms with Crippen molar-refractivity contribution in [3.05, 3.63) is 41.0 Å². The van der Waals surface area contributed by atoms with Gasteiger partial charge in [-0.2, -0.15) is 0 Å². The zero-order valence-electron chi connectivity index (χ0n) is 21.8. The van der Waals surface area contributed by atoms with Crippen molar-refractivity contribution in [1.82, 2.24) is 10.2 Å². The molecule has 2 N–H and O–H groups in total. The fourth-order valence-electron chi connectivity index (χ4n) is 5.52. The molecule has 204 valence electrons. The minimum absolute atomic E-state index is 0.0660. The van der Waals surface area contributed by atoms with Crippen molar-refractivity contribution >= 4 is 12.1 Å². The number of phenols is 1. The molecular formula is C27H32N2O9. The number of benzene rings is 2. The highest BCUT2D eigenvalue weighted by molar-refractivity contribution is 5.79. The summed E-state index contributed by atoms with van der Waals surface area (Å²) in [6, 6.07) is 7.06. The van der Waals surface area contributed by atoms with Crippen LogP contribution in [0, 0.1) is 11.8 Å². The van der Waals surface area contributed by atoms with Gasteiger partial charge in [0.2, 0.25) is 12.5 Å². The van der Waals surface area contributed by atoms with E-state index in [0.717, 1.165) is 24.1 Å². The van der Waals surface area contributed by atoms with Gasteiger partial charge in [-0.3, -0.25) is 4.79 Å². The van der Waals surface area contributed by atoms with Gasteiger partial charge in [-0.05, 0) is 62.5 Å². The lowest BCUT2D eigenvalue weighted by Gasteiger charge is -2.38. The van der Waals surface area contributed by atoms with Crippen LogP contribution in [0.2, 0.25) is 0 Å². The second kappa shape index (κ2) is 10.5. The van der Waals surface area contributed by atoms with Gasteiger partial charge in [0.25, 0.3) is 0 Å². The molecule has 4 atom stereocenters.